The van der Waals surface area contributed by atoms with Gasteiger partial charge in [0.15, 0.2) is 0 Å². The van der Waals surface area contributed by atoms with Gasteiger partial charge in [0.2, 0.25) is 0 Å². The normalized spacial score (nSPS) is 5.50. The molecule has 0 aliphatic rings. The molecule has 0 atom stereocenters. The van der Waals surface area contributed by atoms with Crippen molar-refractivity contribution in [2.75, 3.05) is 0 Å². The van der Waals surface area contributed by atoms with Gasteiger partial charge in [0.25, 0.3) is 0 Å². The molecule has 4 nitrogen and oxygen atoms in total. The Morgan fingerprint density at radius 2 is 1.12 bits per heavy atom. The fourth-order valence-electron chi connectivity index (χ4n) is 0. The van der Waals surface area contributed by atoms with E-state index in [9.17, 15) is 0 Å². The summed E-state index contributed by atoms with van der Waals surface area (Å²) in [6.45, 7) is 0. The van der Waals surface area contributed by atoms with Gasteiger partial charge in [0.05, 0.1) is 11.9 Å². The van der Waals surface area contributed by atoms with Gasteiger partial charge in [-0.25, -0.2) is 0 Å². The minimum Gasteiger partial charge on any atom is -0.543 e. The number of carboxylic acids is 2. The molecule has 0 spiro atoms. The van der Waals surface area contributed by atoms with E-state index in [2.05, 4.69) is 0 Å². The van der Waals surface area contributed by atoms with Crippen molar-refractivity contribution < 1.29 is 19.8 Å². The zero-order valence-corrected chi connectivity index (χ0v) is 10.7. The quantitative estimate of drug-likeness (QED) is 0.313. The summed E-state index contributed by atoms with van der Waals surface area (Å²) in [4.78, 5) is 17.9. The van der Waals surface area contributed by atoms with E-state index in [1.807, 2.05) is 0 Å². The molecular weight excluding hydrogens is 385 g/mol. The minimum absolute atomic E-state index is 0. The molecule has 0 unspecified atom stereocenters. The van der Waals surface area contributed by atoms with Crippen LogP contribution in [0.25, 0.3) is 0 Å². The van der Waals surface area contributed by atoms with Crippen molar-refractivity contribution in [1.29, 1.82) is 0 Å². The third-order valence-electron chi connectivity index (χ3n) is 0.167. The zero-order valence-electron chi connectivity index (χ0n) is 3.79. The molecule has 0 saturated carbocycles. The van der Waals surface area contributed by atoms with Gasteiger partial charge in [-0.15, -0.1) is 0 Å². The maximum absolute atomic E-state index is 8.93. The van der Waals surface area contributed by atoms with Crippen molar-refractivity contribution in [3.8, 4) is 0 Å². The Balaban J connectivity index is -0.000000125. The van der Waals surface area contributed by atoms with Crippen molar-refractivity contribution in [1.82, 2.24) is 0 Å². The first-order valence-corrected chi connectivity index (χ1v) is 1.07. The summed E-state index contributed by atoms with van der Waals surface area (Å²) in [6, 6.07) is 0. The molecule has 0 aromatic carbocycles. The van der Waals surface area contributed by atoms with Crippen molar-refractivity contribution in [3.05, 3.63) is 0 Å². The zero-order chi connectivity index (χ0) is 5.15. The van der Waals surface area contributed by atoms with Gasteiger partial charge in [-0.3, -0.25) is 0 Å². The molecule has 0 bridgehead atoms. The number of hydrogen-bond donors (Lipinski definition) is 0. The van der Waals surface area contributed by atoms with Crippen LogP contribution in [0.5, 0.6) is 0 Å². The molecule has 6 heteroatoms. The number of carbonyl (C=O) groups excluding carboxylic acids is 2. The van der Waals surface area contributed by atoms with Crippen molar-refractivity contribution in [2.24, 2.45) is 0 Å². The second kappa shape index (κ2) is 8.30. The Kier molecular flexibility index (Phi) is 16.8. The van der Waals surface area contributed by atoms with Crippen molar-refractivity contribution in [2.45, 2.75) is 0 Å². The monoisotopic (exact) mass is 385 g/mol. The summed E-state index contributed by atoms with van der Waals surface area (Å²) in [5.41, 5.74) is 0. The molecule has 36 valence electrons. The maximum Gasteiger partial charge on any atom is 3.00 e. The average Bonchev–Trinajstić information content (AvgIpc) is 1.36. The first-order valence-electron chi connectivity index (χ1n) is 1.07. The van der Waals surface area contributed by atoms with Crippen LogP contribution in [-0.4, -0.2) is 83.6 Å². The summed E-state index contributed by atoms with van der Waals surface area (Å²) in [7, 11) is 0. The van der Waals surface area contributed by atoms with Gasteiger partial charge >= 0.3 is 71.7 Å². The molecular formula is C2BiO4Sr+3. The van der Waals surface area contributed by atoms with Crippen molar-refractivity contribution >= 4 is 83.6 Å². The van der Waals surface area contributed by atoms with Crippen LogP contribution in [0.3, 0.4) is 0 Å². The predicted molar refractivity (Wildman–Crippen MR) is 21.5 cm³/mol. The number of hydrogen-bond acceptors (Lipinski definition) is 4. The SMILES string of the molecule is O=C([O-])C(=O)[O-].[Bi+3].[Sr+2]. The summed E-state index contributed by atoms with van der Waals surface area (Å²) in [5, 5.41) is 17.9. The molecule has 0 heterocycles. The van der Waals surface area contributed by atoms with E-state index in [1.165, 1.54) is 0 Å². The minimum atomic E-state index is -2.19. The summed E-state index contributed by atoms with van der Waals surface area (Å²) >= 11 is 0. The van der Waals surface area contributed by atoms with Crippen LogP contribution in [0.15, 0.2) is 0 Å². The van der Waals surface area contributed by atoms with E-state index >= 15 is 0 Å². The van der Waals surface area contributed by atoms with Gasteiger partial charge in [0, 0.05) is 0 Å². The van der Waals surface area contributed by atoms with Gasteiger partial charge in [-0.05, 0) is 0 Å². The van der Waals surface area contributed by atoms with Gasteiger partial charge in [-0.1, -0.05) is 0 Å². The Bertz CT molecular complexity index is 80.0. The van der Waals surface area contributed by atoms with Crippen LogP contribution in [-0.2, 0) is 9.59 Å². The molecule has 0 aromatic heterocycles. The predicted octanol–water partition coefficient (Wildman–Crippen LogP) is -4.28. The fraction of sp³-hybridized carbons (Fsp3) is 0. The van der Waals surface area contributed by atoms with Gasteiger partial charge < -0.3 is 19.8 Å². The summed E-state index contributed by atoms with van der Waals surface area (Å²) in [5.74, 6) is -4.37. The van der Waals surface area contributed by atoms with Crippen molar-refractivity contribution in [3.63, 3.8) is 0 Å². The maximum atomic E-state index is 8.93. The fourth-order valence-corrected chi connectivity index (χ4v) is 0. The first kappa shape index (κ1) is 16.1. The van der Waals surface area contributed by atoms with E-state index in [-0.39, 0.29) is 71.7 Å². The average molecular weight is 385 g/mol. The molecule has 0 rings (SSSR count). The van der Waals surface area contributed by atoms with E-state index in [0.29, 0.717) is 0 Å². The topological polar surface area (TPSA) is 80.3 Å². The van der Waals surface area contributed by atoms with Crippen LogP contribution >= 0.6 is 0 Å². The molecule has 2 radical (unpaired) electrons. The van der Waals surface area contributed by atoms with Gasteiger partial charge in [-0.2, -0.15) is 0 Å². The van der Waals surface area contributed by atoms with E-state index in [0.717, 1.165) is 0 Å². The second-order valence-electron chi connectivity index (χ2n) is 0.575. The third kappa shape index (κ3) is 10.3. The van der Waals surface area contributed by atoms with Crippen LogP contribution < -0.4 is 10.2 Å². The number of aliphatic carboxylic acids is 2. The Morgan fingerprint density at radius 3 is 1.12 bits per heavy atom. The largest absolute Gasteiger partial charge is 3.00 e. The van der Waals surface area contributed by atoms with Gasteiger partial charge in [0.1, 0.15) is 0 Å². The number of carboxylic acid groups (broad SMARTS) is 2. The first-order chi connectivity index (χ1) is 2.64. The van der Waals surface area contributed by atoms with Crippen LogP contribution in [0, 0.1) is 0 Å². The summed E-state index contributed by atoms with van der Waals surface area (Å²) < 4.78 is 0. The standard InChI is InChI=1S/C2H2O4.Bi.Sr/c3-1(4)2(5)6;;/h(H,3,4)(H,5,6);;/q;+3;+2/p-2. The number of rotatable bonds is 0. The second-order valence-corrected chi connectivity index (χ2v) is 0.575. The molecule has 0 fully saturated rings. The molecule has 0 aromatic rings. The smallest absolute Gasteiger partial charge is 0.543 e. The molecule has 0 aliphatic heterocycles. The van der Waals surface area contributed by atoms with E-state index < -0.39 is 11.9 Å². The molecule has 0 aliphatic carbocycles. The Hall–Kier alpha value is 1.30. The number of carbonyl (C=O) groups is 2. The van der Waals surface area contributed by atoms with Crippen LogP contribution in [0.4, 0.5) is 0 Å². The molecule has 0 N–H and O–H groups in total. The molecule has 8 heavy (non-hydrogen) atoms. The summed E-state index contributed by atoms with van der Waals surface area (Å²) in [6.07, 6.45) is 0. The molecule has 0 amide bonds. The molecule has 0 saturated heterocycles. The van der Waals surface area contributed by atoms with Crippen LogP contribution in [0.1, 0.15) is 0 Å². The van der Waals surface area contributed by atoms with Crippen LogP contribution in [0.2, 0.25) is 0 Å². The Labute approximate surface area is 102 Å². The van der Waals surface area contributed by atoms with E-state index in [4.69, 9.17) is 19.8 Å². The Morgan fingerprint density at radius 1 is 1.00 bits per heavy atom. The third-order valence-corrected chi connectivity index (χ3v) is 0.167. The van der Waals surface area contributed by atoms with E-state index in [1.54, 1.807) is 0 Å².